The fourth-order valence-electron chi connectivity index (χ4n) is 2.38. The van der Waals surface area contributed by atoms with Crippen LogP contribution in [0.1, 0.15) is 34.8 Å². The van der Waals surface area contributed by atoms with E-state index in [0.29, 0.717) is 17.7 Å². The maximum Gasteiger partial charge on any atom is 0.271 e. The van der Waals surface area contributed by atoms with Crippen LogP contribution in [0.5, 0.6) is 0 Å². The van der Waals surface area contributed by atoms with Crippen LogP contribution in [0.25, 0.3) is 0 Å². The lowest BCUT2D eigenvalue weighted by Crippen LogP contribution is -2.25. The Balaban J connectivity index is 2.39. The standard InChI is InChI=1S/C18H21N3O5S/c1-4-9-19-18(22)16-11-15(8-6-12(16)2)27(25,26)20-17-10-14(21(23)24)7-5-13(17)3/h5-8,10-11,20H,4,9H2,1-3H3,(H,19,22). The summed E-state index contributed by atoms with van der Waals surface area (Å²) in [5, 5.41) is 13.6. The molecule has 9 heteroatoms. The van der Waals surface area contributed by atoms with Gasteiger partial charge >= 0.3 is 0 Å². The molecule has 2 aromatic carbocycles. The number of nitro benzene ring substituents is 1. The van der Waals surface area contributed by atoms with E-state index >= 15 is 0 Å². The first-order valence-corrected chi connectivity index (χ1v) is 9.80. The van der Waals surface area contributed by atoms with Crippen LogP contribution in [0.4, 0.5) is 11.4 Å². The molecule has 1 amide bonds. The fraction of sp³-hybridized carbons (Fsp3) is 0.278. The molecule has 0 fully saturated rings. The van der Waals surface area contributed by atoms with Gasteiger partial charge in [-0.1, -0.05) is 19.1 Å². The first kappa shape index (κ1) is 20.4. The molecule has 0 spiro atoms. The van der Waals surface area contributed by atoms with E-state index in [1.54, 1.807) is 19.9 Å². The van der Waals surface area contributed by atoms with Crippen molar-refractivity contribution in [3.05, 3.63) is 63.2 Å². The lowest BCUT2D eigenvalue weighted by atomic mass is 10.1. The number of nitrogens with zero attached hydrogens (tertiary/aromatic N) is 1. The summed E-state index contributed by atoms with van der Waals surface area (Å²) in [6.45, 7) is 5.76. The number of sulfonamides is 1. The summed E-state index contributed by atoms with van der Waals surface area (Å²) < 4.78 is 27.8. The molecule has 0 bridgehead atoms. The van der Waals surface area contributed by atoms with E-state index in [4.69, 9.17) is 0 Å². The number of anilines is 1. The molecule has 0 saturated heterocycles. The summed E-state index contributed by atoms with van der Waals surface area (Å²) >= 11 is 0. The zero-order valence-corrected chi connectivity index (χ0v) is 16.1. The molecule has 8 nitrogen and oxygen atoms in total. The Morgan fingerprint density at radius 2 is 1.78 bits per heavy atom. The van der Waals surface area contributed by atoms with Gasteiger partial charge in [-0.2, -0.15) is 0 Å². The molecule has 0 saturated carbocycles. The molecule has 0 aromatic heterocycles. The van der Waals surface area contributed by atoms with Crippen LogP contribution < -0.4 is 10.0 Å². The van der Waals surface area contributed by atoms with Crippen molar-refractivity contribution in [2.75, 3.05) is 11.3 Å². The van der Waals surface area contributed by atoms with Crippen LogP contribution in [0.3, 0.4) is 0 Å². The number of aryl methyl sites for hydroxylation is 2. The minimum absolute atomic E-state index is 0.0966. The van der Waals surface area contributed by atoms with Crippen LogP contribution in [-0.2, 0) is 10.0 Å². The third-order valence-electron chi connectivity index (χ3n) is 3.98. The first-order valence-electron chi connectivity index (χ1n) is 8.32. The van der Waals surface area contributed by atoms with Gasteiger partial charge < -0.3 is 5.32 Å². The second-order valence-electron chi connectivity index (χ2n) is 6.09. The van der Waals surface area contributed by atoms with E-state index in [9.17, 15) is 23.3 Å². The van der Waals surface area contributed by atoms with Crippen molar-refractivity contribution in [3.63, 3.8) is 0 Å². The van der Waals surface area contributed by atoms with Crippen LogP contribution in [-0.4, -0.2) is 25.8 Å². The van der Waals surface area contributed by atoms with Crippen LogP contribution in [0, 0.1) is 24.0 Å². The Hall–Kier alpha value is -2.94. The lowest BCUT2D eigenvalue weighted by Gasteiger charge is -2.13. The van der Waals surface area contributed by atoms with Crippen LogP contribution >= 0.6 is 0 Å². The van der Waals surface area contributed by atoms with Crippen molar-refractivity contribution in [1.29, 1.82) is 0 Å². The largest absolute Gasteiger partial charge is 0.352 e. The number of rotatable bonds is 7. The van der Waals surface area contributed by atoms with Gasteiger partial charge in [-0.05, 0) is 43.5 Å². The maximum atomic E-state index is 12.7. The van der Waals surface area contributed by atoms with E-state index < -0.39 is 14.9 Å². The zero-order valence-electron chi connectivity index (χ0n) is 15.3. The molecular formula is C18H21N3O5S. The minimum atomic E-state index is -4.02. The van der Waals surface area contributed by atoms with Crippen molar-refractivity contribution < 1.29 is 18.1 Å². The summed E-state index contributed by atoms with van der Waals surface area (Å²) in [7, 11) is -4.02. The summed E-state index contributed by atoms with van der Waals surface area (Å²) in [6.07, 6.45) is 0.760. The number of carbonyl (C=O) groups is 1. The van der Waals surface area contributed by atoms with E-state index in [-0.39, 0.29) is 27.7 Å². The highest BCUT2D eigenvalue weighted by Gasteiger charge is 2.20. The smallest absolute Gasteiger partial charge is 0.271 e. The highest BCUT2D eigenvalue weighted by Crippen LogP contribution is 2.25. The van der Waals surface area contributed by atoms with Gasteiger partial charge in [0.15, 0.2) is 0 Å². The summed E-state index contributed by atoms with van der Waals surface area (Å²) in [4.78, 5) is 22.5. The quantitative estimate of drug-likeness (QED) is 0.555. The molecule has 0 aliphatic heterocycles. The Labute approximate surface area is 157 Å². The third kappa shape index (κ3) is 4.82. The van der Waals surface area contributed by atoms with E-state index in [2.05, 4.69) is 10.0 Å². The van der Waals surface area contributed by atoms with E-state index in [0.717, 1.165) is 12.5 Å². The van der Waals surface area contributed by atoms with Gasteiger partial charge in [-0.3, -0.25) is 19.6 Å². The second kappa shape index (κ2) is 8.17. The van der Waals surface area contributed by atoms with Gasteiger partial charge in [0.05, 0.1) is 15.5 Å². The number of carbonyl (C=O) groups excluding carboxylic acids is 1. The summed E-state index contributed by atoms with van der Waals surface area (Å²) in [5.41, 5.74) is 1.34. The van der Waals surface area contributed by atoms with Gasteiger partial charge in [-0.25, -0.2) is 8.42 Å². The fourth-order valence-corrected chi connectivity index (χ4v) is 3.53. The summed E-state index contributed by atoms with van der Waals surface area (Å²) in [6, 6.07) is 8.17. The Kier molecular flexibility index (Phi) is 6.17. The molecule has 0 radical (unpaired) electrons. The predicted molar refractivity (Wildman–Crippen MR) is 102 cm³/mol. The lowest BCUT2D eigenvalue weighted by molar-refractivity contribution is -0.384. The average Bonchev–Trinajstić information content (AvgIpc) is 2.61. The molecule has 27 heavy (non-hydrogen) atoms. The first-order chi connectivity index (χ1) is 12.7. The van der Waals surface area contributed by atoms with Crippen LogP contribution in [0.2, 0.25) is 0 Å². The predicted octanol–water partition coefficient (Wildman–Crippen LogP) is 3.15. The van der Waals surface area contributed by atoms with Gasteiger partial charge in [-0.15, -0.1) is 0 Å². The highest BCUT2D eigenvalue weighted by atomic mass is 32.2. The Bertz CT molecular complexity index is 986. The normalized spacial score (nSPS) is 11.1. The SMILES string of the molecule is CCCNC(=O)c1cc(S(=O)(=O)Nc2cc([N+](=O)[O-])ccc2C)ccc1C. The molecule has 2 rings (SSSR count). The van der Waals surface area contributed by atoms with Crippen molar-refractivity contribution in [2.45, 2.75) is 32.1 Å². The number of benzene rings is 2. The molecule has 0 atom stereocenters. The van der Waals surface area contributed by atoms with E-state index in [1.165, 1.54) is 24.3 Å². The van der Waals surface area contributed by atoms with Crippen molar-refractivity contribution in [3.8, 4) is 0 Å². The Morgan fingerprint density at radius 3 is 2.41 bits per heavy atom. The monoisotopic (exact) mass is 391 g/mol. The summed E-state index contributed by atoms with van der Waals surface area (Å²) in [5.74, 6) is -0.349. The minimum Gasteiger partial charge on any atom is -0.352 e. The van der Waals surface area contributed by atoms with Gasteiger partial charge in [0.1, 0.15) is 0 Å². The second-order valence-corrected chi connectivity index (χ2v) is 7.78. The molecule has 0 aliphatic carbocycles. The molecule has 0 heterocycles. The Morgan fingerprint density at radius 1 is 1.11 bits per heavy atom. The number of hydrogen-bond acceptors (Lipinski definition) is 5. The number of hydrogen-bond donors (Lipinski definition) is 2. The average molecular weight is 391 g/mol. The van der Waals surface area contributed by atoms with E-state index in [1.807, 2.05) is 6.92 Å². The van der Waals surface area contributed by atoms with Gasteiger partial charge in [0, 0.05) is 24.2 Å². The maximum absolute atomic E-state index is 12.7. The van der Waals surface area contributed by atoms with Gasteiger partial charge in [0.2, 0.25) is 0 Å². The molecule has 2 aromatic rings. The van der Waals surface area contributed by atoms with Crippen molar-refractivity contribution in [1.82, 2.24) is 5.32 Å². The number of non-ortho nitro benzene ring substituents is 1. The topological polar surface area (TPSA) is 118 Å². The van der Waals surface area contributed by atoms with Gasteiger partial charge in [0.25, 0.3) is 21.6 Å². The van der Waals surface area contributed by atoms with Crippen LogP contribution in [0.15, 0.2) is 41.3 Å². The number of nitro groups is 1. The molecule has 144 valence electrons. The number of amides is 1. The molecular weight excluding hydrogens is 370 g/mol. The molecule has 0 aliphatic rings. The molecule has 0 unspecified atom stereocenters. The highest BCUT2D eigenvalue weighted by molar-refractivity contribution is 7.92. The van der Waals surface area contributed by atoms with Crippen molar-refractivity contribution >= 4 is 27.3 Å². The molecule has 2 N–H and O–H groups in total. The number of nitrogens with one attached hydrogen (secondary N) is 2. The van der Waals surface area contributed by atoms with Crippen molar-refractivity contribution in [2.24, 2.45) is 0 Å². The third-order valence-corrected chi connectivity index (χ3v) is 5.34. The zero-order chi connectivity index (χ0) is 20.2.